The molecule has 0 saturated carbocycles. The summed E-state index contributed by atoms with van der Waals surface area (Å²) in [6.07, 6.45) is 10.9. The van der Waals surface area contributed by atoms with Gasteiger partial charge in [-0.15, -0.1) is 13.2 Å². The lowest BCUT2D eigenvalue weighted by atomic mass is 10.1. The molecule has 2 aliphatic rings. The first-order valence-electron chi connectivity index (χ1n) is 10.0. The van der Waals surface area contributed by atoms with Crippen molar-refractivity contribution in [2.24, 2.45) is 0 Å². The van der Waals surface area contributed by atoms with Crippen molar-refractivity contribution in [2.75, 3.05) is 58.4 Å². The minimum absolute atomic E-state index is 0.479. The van der Waals surface area contributed by atoms with Crippen LogP contribution in [0.25, 0.3) is 0 Å². The number of nitrogens with zero attached hydrogens (tertiary/aromatic N) is 2. The Hall–Kier alpha value is -0.780. The van der Waals surface area contributed by atoms with E-state index in [-0.39, 0.29) is 0 Å². The number of quaternary nitrogens is 2. The van der Waals surface area contributed by atoms with E-state index in [4.69, 9.17) is 0 Å². The van der Waals surface area contributed by atoms with Gasteiger partial charge in [0.15, 0.2) is 0 Å². The first-order chi connectivity index (χ1) is 13.2. The van der Waals surface area contributed by atoms with E-state index in [0.717, 1.165) is 12.2 Å². The summed E-state index contributed by atoms with van der Waals surface area (Å²) in [7, 11) is -3.12. The van der Waals surface area contributed by atoms with Crippen molar-refractivity contribution in [3.05, 3.63) is 25.3 Å². The van der Waals surface area contributed by atoms with Gasteiger partial charge in [0.05, 0.1) is 72.0 Å². The highest BCUT2D eigenvalue weighted by molar-refractivity contribution is 7.86. The molecule has 8 nitrogen and oxygen atoms in total. The molecule has 0 spiro atoms. The first-order valence-corrected chi connectivity index (χ1v) is 13.2. The lowest BCUT2D eigenvalue weighted by Gasteiger charge is -2.46. The van der Waals surface area contributed by atoms with Gasteiger partial charge in [-0.2, -0.15) is 0 Å². The molecular formula is C19H38N2O6S2. The molecule has 10 heteroatoms. The molecule has 0 N–H and O–H groups in total. The van der Waals surface area contributed by atoms with E-state index < -0.39 is 31.7 Å². The highest BCUT2D eigenvalue weighted by Crippen LogP contribution is 2.23. The van der Waals surface area contributed by atoms with Crippen LogP contribution in [0.2, 0.25) is 0 Å². The summed E-state index contributed by atoms with van der Waals surface area (Å²) in [5, 5.41) is 0. The largest absolute Gasteiger partial charge is 0.748 e. The van der Waals surface area contributed by atoms with Crippen LogP contribution < -0.4 is 0 Å². The summed E-state index contributed by atoms with van der Waals surface area (Å²) < 4.78 is 60.3. The fourth-order valence-electron chi connectivity index (χ4n) is 3.95. The van der Waals surface area contributed by atoms with Crippen LogP contribution >= 0.6 is 0 Å². The first kappa shape index (κ1) is 28.2. The van der Waals surface area contributed by atoms with E-state index in [1.807, 2.05) is 0 Å². The van der Waals surface area contributed by atoms with Crippen LogP contribution in [0, 0.1) is 0 Å². The maximum absolute atomic E-state index is 9.60. The van der Waals surface area contributed by atoms with Crippen LogP contribution in [-0.2, 0) is 20.2 Å². The lowest BCUT2D eigenvalue weighted by molar-refractivity contribution is -1.09. The average molecular weight is 455 g/mol. The summed E-state index contributed by atoms with van der Waals surface area (Å²) in [4.78, 5) is 0. The zero-order valence-electron chi connectivity index (χ0n) is 17.9. The van der Waals surface area contributed by atoms with E-state index in [1.54, 1.807) is 0 Å². The standard InChI is InChI=1S/C13H28N2.2C3H6O3S/c1-14(9-5-3-6-10-14)13-15(2)11-7-4-8-12-15;2*1-2-3-7(4,5)6/h3-13H2,1-2H3;2*2H,1,3H2,(H,4,5,6)/q+2;;/p-2. The smallest absolute Gasteiger partial charge is 0.207 e. The second kappa shape index (κ2) is 12.8. The molecule has 2 fully saturated rings. The predicted molar refractivity (Wildman–Crippen MR) is 114 cm³/mol. The van der Waals surface area contributed by atoms with E-state index in [0.29, 0.717) is 0 Å². The molecule has 0 aromatic heterocycles. The molecule has 2 heterocycles. The second-order valence-corrected chi connectivity index (χ2v) is 11.3. The SMILES string of the molecule is C=CCS(=O)(=O)[O-].C=CCS(=O)(=O)[O-].C[N+]1(C[N+]2(C)CCCCC2)CCCCC1. The van der Waals surface area contributed by atoms with Crippen molar-refractivity contribution in [1.82, 2.24) is 0 Å². The van der Waals surface area contributed by atoms with E-state index in [9.17, 15) is 25.9 Å². The van der Waals surface area contributed by atoms with Crippen LogP contribution in [0.15, 0.2) is 25.3 Å². The predicted octanol–water partition coefficient (Wildman–Crippen LogP) is 1.64. The minimum atomic E-state index is -4.04. The topological polar surface area (TPSA) is 114 Å². The van der Waals surface area contributed by atoms with Crippen LogP contribution in [-0.4, -0.2) is 93.4 Å². The zero-order chi connectivity index (χ0) is 22.6. The molecule has 0 atom stereocenters. The fourth-order valence-corrected chi connectivity index (χ4v) is 4.52. The maximum atomic E-state index is 9.60. The van der Waals surface area contributed by atoms with Crippen molar-refractivity contribution in [3.63, 3.8) is 0 Å². The maximum Gasteiger partial charge on any atom is 0.207 e. The zero-order valence-corrected chi connectivity index (χ0v) is 19.6. The molecule has 0 aromatic rings. The monoisotopic (exact) mass is 454 g/mol. The normalized spacial score (nSPS) is 20.8. The van der Waals surface area contributed by atoms with Gasteiger partial charge in [-0.3, -0.25) is 8.97 Å². The molecule has 0 aromatic carbocycles. The molecule has 0 aliphatic carbocycles. The van der Waals surface area contributed by atoms with Crippen molar-refractivity contribution in [2.45, 2.75) is 38.5 Å². The van der Waals surface area contributed by atoms with E-state index in [2.05, 4.69) is 27.3 Å². The molecule has 0 bridgehead atoms. The number of rotatable bonds is 6. The second-order valence-electron chi connectivity index (χ2n) is 8.42. The fraction of sp³-hybridized carbons (Fsp3) is 0.789. The summed E-state index contributed by atoms with van der Waals surface area (Å²) in [6.45, 7) is 13.2. The Kier molecular flexibility index (Phi) is 12.5. The summed E-state index contributed by atoms with van der Waals surface area (Å²) in [5.74, 6) is -0.958. The molecule has 0 amide bonds. The van der Waals surface area contributed by atoms with Gasteiger partial charge in [0, 0.05) is 0 Å². The third-order valence-electron chi connectivity index (χ3n) is 5.12. The van der Waals surface area contributed by atoms with E-state index >= 15 is 0 Å². The third kappa shape index (κ3) is 15.7. The summed E-state index contributed by atoms with van der Waals surface area (Å²) in [6, 6.07) is 0. The Labute approximate surface area is 177 Å². The Morgan fingerprint density at radius 2 is 0.966 bits per heavy atom. The Morgan fingerprint density at radius 3 is 1.14 bits per heavy atom. The molecule has 2 aliphatic heterocycles. The average Bonchev–Trinajstić information content (AvgIpc) is 2.54. The van der Waals surface area contributed by atoms with Gasteiger partial charge in [0.2, 0.25) is 6.67 Å². The van der Waals surface area contributed by atoms with Crippen LogP contribution in [0.5, 0.6) is 0 Å². The number of piperidine rings is 2. The number of hydrogen-bond acceptors (Lipinski definition) is 6. The molecular weight excluding hydrogens is 416 g/mol. The third-order valence-corrected chi connectivity index (χ3v) is 6.41. The lowest BCUT2D eigenvalue weighted by Crippen LogP contribution is -2.62. The molecule has 172 valence electrons. The van der Waals surface area contributed by atoms with Gasteiger partial charge in [0.25, 0.3) is 0 Å². The van der Waals surface area contributed by atoms with Gasteiger partial charge in [-0.1, -0.05) is 12.2 Å². The Balaban J connectivity index is 0.000000473. The summed E-state index contributed by atoms with van der Waals surface area (Å²) >= 11 is 0. The van der Waals surface area contributed by atoms with Crippen molar-refractivity contribution < 1.29 is 34.9 Å². The van der Waals surface area contributed by atoms with Crippen LogP contribution in [0.4, 0.5) is 0 Å². The summed E-state index contributed by atoms with van der Waals surface area (Å²) in [5.41, 5.74) is 0. The molecule has 0 radical (unpaired) electrons. The minimum Gasteiger partial charge on any atom is -0.748 e. The quantitative estimate of drug-likeness (QED) is 0.342. The number of hydrogen-bond donors (Lipinski definition) is 0. The van der Waals surface area contributed by atoms with Crippen molar-refractivity contribution in [1.29, 1.82) is 0 Å². The van der Waals surface area contributed by atoms with E-state index in [1.165, 1.54) is 80.3 Å². The highest BCUT2D eigenvalue weighted by atomic mass is 32.2. The van der Waals surface area contributed by atoms with Gasteiger partial charge in [-0.25, -0.2) is 16.8 Å². The Bertz CT molecular complexity index is 632. The molecule has 2 saturated heterocycles. The molecule has 2 rings (SSSR count). The number of likely N-dealkylation sites (tertiary alicyclic amines) is 2. The Morgan fingerprint density at radius 1 is 0.690 bits per heavy atom. The van der Waals surface area contributed by atoms with Crippen LogP contribution in [0.3, 0.4) is 0 Å². The van der Waals surface area contributed by atoms with Gasteiger partial charge in [-0.05, 0) is 38.5 Å². The van der Waals surface area contributed by atoms with Gasteiger partial charge in [0.1, 0.15) is 0 Å². The highest BCUT2D eigenvalue weighted by Gasteiger charge is 2.36. The van der Waals surface area contributed by atoms with Crippen molar-refractivity contribution >= 4 is 20.2 Å². The van der Waals surface area contributed by atoms with Gasteiger partial charge < -0.3 is 9.11 Å². The van der Waals surface area contributed by atoms with Crippen LogP contribution in [0.1, 0.15) is 38.5 Å². The van der Waals surface area contributed by atoms with Gasteiger partial charge >= 0.3 is 0 Å². The molecule has 29 heavy (non-hydrogen) atoms. The molecule has 0 unspecified atom stereocenters. The van der Waals surface area contributed by atoms with Crippen molar-refractivity contribution in [3.8, 4) is 0 Å².